The Morgan fingerprint density at radius 3 is 1.18 bits per heavy atom. The molecule has 0 aliphatic heterocycles. The van der Waals surface area contributed by atoms with Crippen LogP contribution in [0.15, 0.2) is 150 Å². The van der Waals surface area contributed by atoms with Crippen molar-refractivity contribution in [3.63, 3.8) is 0 Å². The third-order valence-electron chi connectivity index (χ3n) is 10.7. The minimum Gasteiger partial charge on any atom is -0.744 e. The van der Waals surface area contributed by atoms with Crippen LogP contribution in [-0.4, -0.2) is 100 Å². The number of aryl methyl sites for hydroxylation is 1. The molecule has 5 aromatic carbocycles. The van der Waals surface area contributed by atoms with E-state index in [1.165, 1.54) is 12.1 Å². The topological polar surface area (TPSA) is 347 Å². The van der Waals surface area contributed by atoms with E-state index in [1.54, 1.807) is 32.9 Å². The number of quaternary nitrogens is 1. The number of aliphatic carboxylic acids is 2. The van der Waals surface area contributed by atoms with Crippen LogP contribution in [0.4, 0.5) is 9.59 Å². The largest absolute Gasteiger partial charge is 0.744 e. The SMILES string of the molecule is CC(C)(C)NC(=O)N[C@@H](CCC(=O)O)C(=O)O.CC(C)(C)NC(=O)N[C@@H](CCC(=O)OCc1ccccc1)C(=O)OCc1ccccc1.Cc1ccc(S(=O)(=O)[O-])cc1.[NH3+][C@@H](CCC(=O)OCc1ccccc1)C(=O)OCc1ccccc1. The number of carbonyl (C=O) groups is 8. The lowest BCUT2D eigenvalue weighted by atomic mass is 10.1. The Hall–Kier alpha value is -8.67. The number of urea groups is 2. The summed E-state index contributed by atoms with van der Waals surface area (Å²) >= 11 is 0. The Bertz CT molecular complexity index is 2900. The maximum Gasteiger partial charge on any atom is 0.365 e. The number of benzene rings is 5. The molecule has 0 aromatic heterocycles. The number of amides is 4. The Kier molecular flexibility index (Phi) is 31.1. The van der Waals surface area contributed by atoms with Gasteiger partial charge >= 0.3 is 47.9 Å². The standard InChI is InChI=1S/C24H30N2O5.C19H21NO4.C10H18N2O5.C7H8O3S/c1-24(2,3)26-23(29)25-20(22(28)31-17-19-12-8-5-9-13-19)14-15-21(27)30-16-18-10-6-4-7-11-18;20-17(19(22)24-14-16-9-5-2-6-10-16)11-12-18(21)23-13-15-7-3-1-4-8-15;1-10(2,3)12-9(17)11-6(8(15)16)4-5-7(13)14;1-6-2-4-7(5-3-6)11(8,9)10/h4-13,20H,14-17H2,1-3H3,(H2,25,26,29);1-10,17H,11-14,20H2;6H,4-5H2,1-3H3,(H,13,14)(H,15,16)(H2,11,12,17);2-5H,1H3,(H,8,9,10)/t20-;17-;6-;/m000./s1. The fourth-order valence-corrected chi connectivity index (χ4v) is 6.99. The van der Waals surface area contributed by atoms with Crippen molar-refractivity contribution >= 4 is 58.0 Å². The molecule has 23 heteroatoms. The lowest BCUT2D eigenvalue weighted by molar-refractivity contribution is -0.409. The molecule has 0 unspecified atom stereocenters. The summed E-state index contributed by atoms with van der Waals surface area (Å²) in [5, 5.41) is 27.3. The lowest BCUT2D eigenvalue weighted by Gasteiger charge is -2.23. The Labute approximate surface area is 484 Å². The zero-order valence-corrected chi connectivity index (χ0v) is 48.6. The molecule has 3 atom stereocenters. The zero-order chi connectivity index (χ0) is 62.0. The molecule has 5 aromatic rings. The van der Waals surface area contributed by atoms with Crippen LogP contribution in [0.5, 0.6) is 0 Å². The van der Waals surface area contributed by atoms with Crippen LogP contribution in [-0.2, 0) is 84.3 Å². The molecule has 0 spiro atoms. The van der Waals surface area contributed by atoms with E-state index in [2.05, 4.69) is 27.0 Å². The summed E-state index contributed by atoms with van der Waals surface area (Å²) < 4.78 is 52.1. The third-order valence-corrected chi connectivity index (χ3v) is 11.6. The Morgan fingerprint density at radius 2 is 0.831 bits per heavy atom. The number of carboxylic acids is 2. The van der Waals surface area contributed by atoms with Gasteiger partial charge in [-0.1, -0.05) is 139 Å². The monoisotopic (exact) mass is 1170 g/mol. The predicted molar refractivity (Wildman–Crippen MR) is 304 cm³/mol. The number of carbonyl (C=O) groups excluding carboxylic acids is 6. The number of esters is 4. The second kappa shape index (κ2) is 36.6. The highest BCUT2D eigenvalue weighted by Gasteiger charge is 2.27. The van der Waals surface area contributed by atoms with Crippen LogP contribution in [0.1, 0.15) is 108 Å². The molecule has 0 saturated heterocycles. The second-order valence-electron chi connectivity index (χ2n) is 20.6. The highest BCUT2D eigenvalue weighted by molar-refractivity contribution is 7.85. The van der Waals surface area contributed by atoms with Gasteiger partial charge in [0.25, 0.3) is 0 Å². The molecule has 0 bridgehead atoms. The van der Waals surface area contributed by atoms with E-state index >= 15 is 0 Å². The molecule has 9 N–H and O–H groups in total. The van der Waals surface area contributed by atoms with Crippen LogP contribution in [0.3, 0.4) is 0 Å². The first-order valence-corrected chi connectivity index (χ1v) is 27.7. The quantitative estimate of drug-likeness (QED) is 0.0199. The van der Waals surface area contributed by atoms with Gasteiger partial charge in [0.05, 0.1) is 11.3 Å². The van der Waals surface area contributed by atoms with E-state index in [0.717, 1.165) is 27.8 Å². The summed E-state index contributed by atoms with van der Waals surface area (Å²) in [5.41, 5.74) is 7.27. The Balaban J connectivity index is 0.000000402. The van der Waals surface area contributed by atoms with Crippen LogP contribution in [0.2, 0.25) is 0 Å². The van der Waals surface area contributed by atoms with Gasteiger partial charge in [-0.15, -0.1) is 0 Å². The minimum absolute atomic E-state index is 0.0340. The normalized spacial score (nSPS) is 11.9. The van der Waals surface area contributed by atoms with Crippen molar-refractivity contribution in [3.05, 3.63) is 173 Å². The van der Waals surface area contributed by atoms with Crippen molar-refractivity contribution in [2.24, 2.45) is 0 Å². The molecule has 0 saturated carbocycles. The van der Waals surface area contributed by atoms with Gasteiger partial charge in [-0.05, 0) is 95.7 Å². The van der Waals surface area contributed by atoms with Gasteiger partial charge in [0.2, 0.25) is 0 Å². The molecule has 4 amide bonds. The molecule has 0 aliphatic carbocycles. The number of rotatable bonds is 23. The lowest BCUT2D eigenvalue weighted by Crippen LogP contribution is -2.65. The van der Waals surface area contributed by atoms with Gasteiger partial charge in [0.1, 0.15) is 48.6 Å². The van der Waals surface area contributed by atoms with E-state index in [9.17, 15) is 51.3 Å². The average Bonchev–Trinajstić information content (AvgIpc) is 3.44. The molecule has 0 radical (unpaired) electrons. The predicted octanol–water partition coefficient (Wildman–Crippen LogP) is 6.88. The van der Waals surface area contributed by atoms with E-state index < -0.39 is 81.2 Å². The first-order chi connectivity index (χ1) is 39.0. The summed E-state index contributed by atoms with van der Waals surface area (Å²) in [4.78, 5) is 92.9. The number of nitrogens with one attached hydrogen (secondary N) is 4. The summed E-state index contributed by atoms with van der Waals surface area (Å²) in [7, 11) is -4.27. The maximum absolute atomic E-state index is 12.6. The summed E-state index contributed by atoms with van der Waals surface area (Å²) in [6, 6.07) is 39.3. The maximum atomic E-state index is 12.6. The number of hydrogen-bond donors (Lipinski definition) is 7. The molecule has 0 heterocycles. The molecule has 450 valence electrons. The van der Waals surface area contributed by atoms with Crippen LogP contribution in [0.25, 0.3) is 0 Å². The number of hydrogen-bond acceptors (Lipinski definition) is 15. The van der Waals surface area contributed by atoms with Crippen molar-refractivity contribution in [2.75, 3.05) is 0 Å². The van der Waals surface area contributed by atoms with Gasteiger partial charge in [-0.3, -0.25) is 14.4 Å². The second-order valence-corrected chi connectivity index (χ2v) is 22.0. The van der Waals surface area contributed by atoms with Crippen molar-refractivity contribution in [3.8, 4) is 0 Å². The van der Waals surface area contributed by atoms with E-state index in [0.29, 0.717) is 6.42 Å². The van der Waals surface area contributed by atoms with Gasteiger partial charge in [-0.2, -0.15) is 0 Å². The summed E-state index contributed by atoms with van der Waals surface area (Å²) in [6.07, 6.45) is 0.0181. The molecule has 83 heavy (non-hydrogen) atoms. The van der Waals surface area contributed by atoms with Gasteiger partial charge in [-0.25, -0.2) is 32.4 Å². The summed E-state index contributed by atoms with van der Waals surface area (Å²) in [6.45, 7) is 13.2. The van der Waals surface area contributed by atoms with E-state index in [1.807, 2.05) is 149 Å². The van der Waals surface area contributed by atoms with Crippen molar-refractivity contribution in [1.29, 1.82) is 0 Å². The molecule has 0 fully saturated rings. The van der Waals surface area contributed by atoms with Crippen molar-refractivity contribution in [2.45, 2.75) is 148 Å². The van der Waals surface area contributed by atoms with E-state index in [-0.39, 0.29) is 69.4 Å². The molecule has 0 aliphatic rings. The highest BCUT2D eigenvalue weighted by Crippen LogP contribution is 2.12. The first kappa shape index (κ1) is 70.4. The third kappa shape index (κ3) is 34.3. The highest BCUT2D eigenvalue weighted by atomic mass is 32.2. The number of carboxylic acid groups (broad SMARTS) is 2. The first-order valence-electron chi connectivity index (χ1n) is 26.3. The smallest absolute Gasteiger partial charge is 0.365 e. The van der Waals surface area contributed by atoms with Crippen molar-refractivity contribution in [1.82, 2.24) is 21.3 Å². The van der Waals surface area contributed by atoms with Crippen LogP contribution in [0, 0.1) is 6.92 Å². The molecular weight excluding hydrogens is 1090 g/mol. The fraction of sp³-hybridized carbons (Fsp3) is 0.367. The molecule has 22 nitrogen and oxygen atoms in total. The van der Waals surface area contributed by atoms with Gasteiger partial charge in [0.15, 0.2) is 6.04 Å². The van der Waals surface area contributed by atoms with Crippen molar-refractivity contribution < 1.29 is 86.2 Å². The average molecular weight is 1170 g/mol. The Morgan fingerprint density at radius 1 is 0.494 bits per heavy atom. The minimum atomic E-state index is -4.27. The van der Waals surface area contributed by atoms with E-state index in [4.69, 9.17) is 29.2 Å². The zero-order valence-electron chi connectivity index (χ0n) is 47.8. The van der Waals surface area contributed by atoms with Crippen LogP contribution < -0.4 is 27.0 Å². The fourth-order valence-electron chi connectivity index (χ4n) is 6.52. The molecular formula is C60H77N5O17S. The van der Waals surface area contributed by atoms with Crippen LogP contribution >= 0.6 is 0 Å². The summed E-state index contributed by atoms with van der Waals surface area (Å²) in [5.74, 6) is -4.17. The molecule has 5 rings (SSSR count). The van der Waals surface area contributed by atoms with Gasteiger partial charge < -0.3 is 60.7 Å². The number of ether oxygens (including phenoxy) is 4. The van der Waals surface area contributed by atoms with Gasteiger partial charge in [0, 0.05) is 30.3 Å².